The number of carbonyl (C=O) groups excluding carboxylic acids is 2. The predicted octanol–water partition coefficient (Wildman–Crippen LogP) is 4.68. The van der Waals surface area contributed by atoms with Gasteiger partial charge in [-0.2, -0.15) is 0 Å². The van der Waals surface area contributed by atoms with Gasteiger partial charge < -0.3 is 20.3 Å². The van der Waals surface area contributed by atoms with E-state index in [0.29, 0.717) is 13.2 Å². The van der Waals surface area contributed by atoms with Crippen molar-refractivity contribution in [1.82, 2.24) is 5.32 Å². The summed E-state index contributed by atoms with van der Waals surface area (Å²) in [6.45, 7) is 2.95. The Morgan fingerprint density at radius 3 is 2.45 bits per heavy atom. The molecule has 1 saturated heterocycles. The van der Waals surface area contributed by atoms with Gasteiger partial charge >= 0.3 is 6.03 Å². The highest BCUT2D eigenvalue weighted by Crippen LogP contribution is 2.28. The molecule has 3 amide bonds. The van der Waals surface area contributed by atoms with Crippen molar-refractivity contribution in [3.8, 4) is 16.9 Å². The minimum absolute atomic E-state index is 0.0147. The van der Waals surface area contributed by atoms with Crippen molar-refractivity contribution in [3.05, 3.63) is 78.9 Å². The number of nitrogens with one attached hydrogen (secondary N) is 2. The molecule has 31 heavy (non-hydrogen) atoms. The molecule has 6 heteroatoms. The average molecular weight is 415 g/mol. The van der Waals surface area contributed by atoms with Crippen LogP contribution in [0.2, 0.25) is 0 Å². The lowest BCUT2D eigenvalue weighted by Gasteiger charge is -2.18. The molecule has 0 spiro atoms. The van der Waals surface area contributed by atoms with E-state index < -0.39 is 0 Å². The summed E-state index contributed by atoms with van der Waals surface area (Å²) in [5, 5.41) is 5.86. The second kappa shape index (κ2) is 9.34. The summed E-state index contributed by atoms with van der Waals surface area (Å²) in [6, 6.07) is 24.4. The average Bonchev–Trinajstić information content (AvgIpc) is 3.15. The molecule has 6 nitrogen and oxygen atoms in total. The second-order valence-electron chi connectivity index (χ2n) is 7.34. The summed E-state index contributed by atoms with van der Waals surface area (Å²) in [5.74, 6) is 0.753. The van der Waals surface area contributed by atoms with E-state index >= 15 is 0 Å². The van der Waals surface area contributed by atoms with Gasteiger partial charge in [-0.3, -0.25) is 4.79 Å². The fourth-order valence-electron chi connectivity index (χ4n) is 3.75. The Morgan fingerprint density at radius 1 is 1.00 bits per heavy atom. The molecule has 1 heterocycles. The maximum Gasteiger partial charge on any atom is 0.319 e. The number of amides is 3. The molecule has 0 aliphatic carbocycles. The van der Waals surface area contributed by atoms with Gasteiger partial charge in [-0.05, 0) is 42.8 Å². The maximum atomic E-state index is 12.6. The van der Waals surface area contributed by atoms with Crippen LogP contribution in [0.25, 0.3) is 11.1 Å². The van der Waals surface area contributed by atoms with Gasteiger partial charge in [-0.15, -0.1) is 0 Å². The number of benzene rings is 3. The molecule has 1 unspecified atom stereocenters. The van der Waals surface area contributed by atoms with Crippen molar-refractivity contribution >= 4 is 23.3 Å². The van der Waals surface area contributed by atoms with E-state index in [-0.39, 0.29) is 24.4 Å². The Kier molecular flexibility index (Phi) is 6.17. The number of rotatable bonds is 6. The Balaban J connectivity index is 1.40. The normalized spacial score (nSPS) is 15.6. The van der Waals surface area contributed by atoms with Crippen LogP contribution in [0.4, 0.5) is 16.2 Å². The van der Waals surface area contributed by atoms with Gasteiger partial charge in [0.2, 0.25) is 5.91 Å². The quantitative estimate of drug-likeness (QED) is 0.614. The van der Waals surface area contributed by atoms with E-state index in [9.17, 15) is 9.59 Å². The predicted molar refractivity (Wildman–Crippen MR) is 122 cm³/mol. The molecule has 1 aliphatic rings. The van der Waals surface area contributed by atoms with Crippen LogP contribution in [0.3, 0.4) is 0 Å². The zero-order chi connectivity index (χ0) is 21.6. The Bertz CT molecular complexity index is 1050. The summed E-state index contributed by atoms with van der Waals surface area (Å²) >= 11 is 0. The zero-order valence-electron chi connectivity index (χ0n) is 17.4. The van der Waals surface area contributed by atoms with Crippen LogP contribution in [-0.4, -0.2) is 31.1 Å². The summed E-state index contributed by atoms with van der Waals surface area (Å²) < 4.78 is 5.45. The minimum Gasteiger partial charge on any atom is -0.494 e. The first-order valence-corrected chi connectivity index (χ1v) is 10.4. The number of hydrogen-bond acceptors (Lipinski definition) is 3. The molecule has 0 bridgehead atoms. The molecule has 1 aliphatic heterocycles. The third-order valence-corrected chi connectivity index (χ3v) is 5.18. The van der Waals surface area contributed by atoms with Gasteiger partial charge in [-0.1, -0.05) is 48.5 Å². The first kappa shape index (κ1) is 20.5. The molecule has 0 radical (unpaired) electrons. The molecule has 1 fully saturated rings. The van der Waals surface area contributed by atoms with Crippen molar-refractivity contribution in [1.29, 1.82) is 0 Å². The van der Waals surface area contributed by atoms with Gasteiger partial charge in [0.1, 0.15) is 5.75 Å². The molecule has 0 saturated carbocycles. The molecule has 2 N–H and O–H groups in total. The molecular weight excluding hydrogens is 390 g/mol. The van der Waals surface area contributed by atoms with E-state index in [1.54, 1.807) is 4.90 Å². The molecule has 158 valence electrons. The highest BCUT2D eigenvalue weighted by molar-refractivity contribution is 5.98. The SMILES string of the molecule is CCOc1ccc(N2CC(NC(=O)Nc3ccccc3-c3ccccc3)CC2=O)cc1. The highest BCUT2D eigenvalue weighted by Gasteiger charge is 2.31. The fraction of sp³-hybridized carbons (Fsp3) is 0.200. The molecule has 3 aromatic carbocycles. The van der Waals surface area contributed by atoms with Gasteiger partial charge in [0.05, 0.1) is 18.3 Å². The number of para-hydroxylation sites is 1. The maximum absolute atomic E-state index is 12.6. The Morgan fingerprint density at radius 2 is 1.71 bits per heavy atom. The standard InChI is InChI=1S/C25H25N3O3/c1-2-31-21-14-12-20(13-15-21)28-17-19(16-24(28)29)26-25(30)27-23-11-7-6-10-22(23)18-8-4-3-5-9-18/h3-15,19H,2,16-17H2,1H3,(H2,26,27,30). The summed E-state index contributed by atoms with van der Waals surface area (Å²) in [4.78, 5) is 26.8. The zero-order valence-corrected chi connectivity index (χ0v) is 17.4. The van der Waals surface area contributed by atoms with Gasteiger partial charge in [0.15, 0.2) is 0 Å². The van der Waals surface area contributed by atoms with E-state index in [2.05, 4.69) is 10.6 Å². The van der Waals surface area contributed by atoms with Crippen LogP contribution in [-0.2, 0) is 4.79 Å². The third-order valence-electron chi connectivity index (χ3n) is 5.18. The molecule has 0 aromatic heterocycles. The summed E-state index contributed by atoms with van der Waals surface area (Å²) in [6.07, 6.45) is 0.265. The first-order valence-electron chi connectivity index (χ1n) is 10.4. The second-order valence-corrected chi connectivity index (χ2v) is 7.34. The van der Waals surface area contributed by atoms with Crippen LogP contribution in [0.5, 0.6) is 5.75 Å². The summed E-state index contributed by atoms with van der Waals surface area (Å²) in [5.41, 5.74) is 3.49. The topological polar surface area (TPSA) is 70.7 Å². The molecular formula is C25H25N3O3. The van der Waals surface area contributed by atoms with Crippen molar-refractivity contribution in [2.45, 2.75) is 19.4 Å². The van der Waals surface area contributed by atoms with E-state index in [1.165, 1.54) is 0 Å². The molecule has 3 aromatic rings. The number of anilines is 2. The molecule has 4 rings (SSSR count). The van der Waals surface area contributed by atoms with Gasteiger partial charge in [0.25, 0.3) is 0 Å². The lowest BCUT2D eigenvalue weighted by Crippen LogP contribution is -2.39. The van der Waals surface area contributed by atoms with Crippen molar-refractivity contribution in [2.24, 2.45) is 0 Å². The number of urea groups is 1. The summed E-state index contributed by atoms with van der Waals surface area (Å²) in [7, 11) is 0. The lowest BCUT2D eigenvalue weighted by atomic mass is 10.0. The smallest absolute Gasteiger partial charge is 0.319 e. The largest absolute Gasteiger partial charge is 0.494 e. The highest BCUT2D eigenvalue weighted by atomic mass is 16.5. The van der Waals surface area contributed by atoms with E-state index in [4.69, 9.17) is 4.74 Å². The Hall–Kier alpha value is -3.80. The third kappa shape index (κ3) is 4.86. The van der Waals surface area contributed by atoms with Crippen LogP contribution < -0.4 is 20.3 Å². The van der Waals surface area contributed by atoms with Gasteiger partial charge in [0, 0.05) is 24.2 Å². The number of hydrogen-bond donors (Lipinski definition) is 2. The van der Waals surface area contributed by atoms with Crippen molar-refractivity contribution in [3.63, 3.8) is 0 Å². The first-order chi connectivity index (χ1) is 15.1. The number of nitrogens with zero attached hydrogens (tertiary/aromatic N) is 1. The van der Waals surface area contributed by atoms with Crippen LogP contribution >= 0.6 is 0 Å². The van der Waals surface area contributed by atoms with Crippen LogP contribution in [0, 0.1) is 0 Å². The lowest BCUT2D eigenvalue weighted by molar-refractivity contribution is -0.117. The van der Waals surface area contributed by atoms with Crippen molar-refractivity contribution in [2.75, 3.05) is 23.4 Å². The molecule has 1 atom stereocenters. The van der Waals surface area contributed by atoms with Crippen LogP contribution in [0.1, 0.15) is 13.3 Å². The number of ether oxygens (including phenoxy) is 1. The van der Waals surface area contributed by atoms with E-state index in [1.807, 2.05) is 85.8 Å². The number of carbonyl (C=O) groups is 2. The van der Waals surface area contributed by atoms with Crippen LogP contribution in [0.15, 0.2) is 78.9 Å². The van der Waals surface area contributed by atoms with Gasteiger partial charge in [-0.25, -0.2) is 4.79 Å². The monoisotopic (exact) mass is 415 g/mol. The minimum atomic E-state index is -0.324. The van der Waals surface area contributed by atoms with Crippen molar-refractivity contribution < 1.29 is 14.3 Å². The fourth-order valence-corrected chi connectivity index (χ4v) is 3.75. The van der Waals surface area contributed by atoms with E-state index in [0.717, 1.165) is 28.3 Å². The Labute approximate surface area is 181 Å².